The average Bonchev–Trinajstić information content (AvgIpc) is 3.14. The lowest BCUT2D eigenvalue weighted by Gasteiger charge is -2.05. The van der Waals surface area contributed by atoms with Crippen LogP contribution in [-0.4, -0.2) is 26.2 Å². The molecule has 2 aromatic heterocycles. The molecule has 0 spiro atoms. The Balaban J connectivity index is 1.96. The quantitative estimate of drug-likeness (QED) is 0.663. The standard InChI is InChI=1S/C14H8ClF4N5O2/c1-5-8(10(24-26-5)9-6(15)3-2-4-7(9)16)11(25)20-13-21-12(22-23-13)14(17,18)19/h2-4H,1H3,(H2,20,21,22,23,25). The second-order valence-corrected chi connectivity index (χ2v) is 5.43. The van der Waals surface area contributed by atoms with Crippen LogP contribution in [0.2, 0.25) is 5.02 Å². The number of benzene rings is 1. The molecule has 0 aliphatic carbocycles. The summed E-state index contributed by atoms with van der Waals surface area (Å²) in [6, 6.07) is 3.86. The van der Waals surface area contributed by atoms with Crippen molar-refractivity contribution in [2.24, 2.45) is 0 Å². The van der Waals surface area contributed by atoms with E-state index in [0.717, 1.165) is 6.07 Å². The van der Waals surface area contributed by atoms with E-state index in [2.05, 4.69) is 20.6 Å². The third kappa shape index (κ3) is 3.25. The molecule has 0 aliphatic rings. The number of H-pyrrole nitrogens is 1. The number of carbonyl (C=O) groups excluding carboxylic acids is 1. The van der Waals surface area contributed by atoms with Crippen LogP contribution in [0.3, 0.4) is 0 Å². The predicted molar refractivity (Wildman–Crippen MR) is 81.0 cm³/mol. The highest BCUT2D eigenvalue weighted by molar-refractivity contribution is 6.33. The van der Waals surface area contributed by atoms with Gasteiger partial charge in [0.2, 0.25) is 11.8 Å². The number of aromatic nitrogens is 4. The SMILES string of the molecule is Cc1onc(-c2c(F)cccc2Cl)c1C(=O)Nc1n[nH]c(C(F)(F)F)n1. The molecule has 3 rings (SSSR count). The first-order valence-electron chi connectivity index (χ1n) is 6.90. The van der Waals surface area contributed by atoms with Crippen molar-refractivity contribution in [3.63, 3.8) is 0 Å². The summed E-state index contributed by atoms with van der Waals surface area (Å²) < 4.78 is 56.6. The molecule has 0 saturated carbocycles. The van der Waals surface area contributed by atoms with Gasteiger partial charge in [0.15, 0.2) is 0 Å². The van der Waals surface area contributed by atoms with Crippen LogP contribution in [0.15, 0.2) is 22.7 Å². The number of rotatable bonds is 3. The smallest absolute Gasteiger partial charge is 0.360 e. The van der Waals surface area contributed by atoms with E-state index in [1.54, 1.807) is 5.10 Å². The number of alkyl halides is 3. The zero-order valence-corrected chi connectivity index (χ0v) is 13.5. The van der Waals surface area contributed by atoms with Gasteiger partial charge in [0.1, 0.15) is 22.8 Å². The van der Waals surface area contributed by atoms with E-state index in [-0.39, 0.29) is 27.6 Å². The Morgan fingerprint density at radius 1 is 1.35 bits per heavy atom. The van der Waals surface area contributed by atoms with Crippen LogP contribution in [0.1, 0.15) is 21.9 Å². The highest BCUT2D eigenvalue weighted by Crippen LogP contribution is 2.33. The molecule has 0 saturated heterocycles. The number of carbonyl (C=O) groups is 1. The number of nitrogens with one attached hydrogen (secondary N) is 2. The maximum Gasteiger partial charge on any atom is 0.451 e. The van der Waals surface area contributed by atoms with Gasteiger partial charge in [-0.25, -0.2) is 4.39 Å². The molecule has 0 unspecified atom stereocenters. The number of nitrogens with zero attached hydrogens (tertiary/aromatic N) is 3. The molecular formula is C14H8ClF4N5O2. The number of hydrogen-bond acceptors (Lipinski definition) is 5. The summed E-state index contributed by atoms with van der Waals surface area (Å²) in [5.41, 5.74) is -0.591. The Labute approximate surface area is 147 Å². The van der Waals surface area contributed by atoms with Crippen molar-refractivity contribution >= 4 is 23.5 Å². The van der Waals surface area contributed by atoms with Crippen molar-refractivity contribution < 1.29 is 26.9 Å². The van der Waals surface area contributed by atoms with Crippen LogP contribution in [-0.2, 0) is 6.18 Å². The maximum atomic E-state index is 14.1. The van der Waals surface area contributed by atoms with Crippen LogP contribution in [0, 0.1) is 12.7 Å². The fraction of sp³-hybridized carbons (Fsp3) is 0.143. The van der Waals surface area contributed by atoms with Gasteiger partial charge in [0.25, 0.3) is 5.91 Å². The molecule has 0 aliphatic heterocycles. The minimum Gasteiger partial charge on any atom is -0.360 e. The van der Waals surface area contributed by atoms with Crippen LogP contribution in [0.25, 0.3) is 11.3 Å². The fourth-order valence-corrected chi connectivity index (χ4v) is 2.40. The summed E-state index contributed by atoms with van der Waals surface area (Å²) in [7, 11) is 0. The van der Waals surface area contributed by atoms with Gasteiger partial charge in [-0.05, 0) is 19.1 Å². The molecule has 0 radical (unpaired) electrons. The van der Waals surface area contributed by atoms with Crippen molar-refractivity contribution in [3.8, 4) is 11.3 Å². The van der Waals surface area contributed by atoms with E-state index < -0.39 is 29.7 Å². The van der Waals surface area contributed by atoms with Crippen LogP contribution in [0.4, 0.5) is 23.5 Å². The number of amides is 1. The zero-order chi connectivity index (χ0) is 19.1. The number of hydrogen-bond donors (Lipinski definition) is 2. The highest BCUT2D eigenvalue weighted by atomic mass is 35.5. The molecule has 2 heterocycles. The average molecular weight is 390 g/mol. The van der Waals surface area contributed by atoms with Crippen molar-refractivity contribution in [3.05, 3.63) is 46.2 Å². The van der Waals surface area contributed by atoms with E-state index in [1.807, 2.05) is 0 Å². The Morgan fingerprint density at radius 3 is 2.69 bits per heavy atom. The topological polar surface area (TPSA) is 96.7 Å². The second kappa shape index (κ2) is 6.41. The summed E-state index contributed by atoms with van der Waals surface area (Å²) in [6.07, 6.45) is -4.76. The first-order valence-corrected chi connectivity index (χ1v) is 7.28. The molecule has 0 bridgehead atoms. The summed E-state index contributed by atoms with van der Waals surface area (Å²) >= 11 is 5.96. The van der Waals surface area contributed by atoms with Gasteiger partial charge < -0.3 is 4.52 Å². The summed E-state index contributed by atoms with van der Waals surface area (Å²) in [6.45, 7) is 1.37. The number of aryl methyl sites for hydroxylation is 1. The van der Waals surface area contributed by atoms with Crippen LogP contribution >= 0.6 is 11.6 Å². The Morgan fingerprint density at radius 2 is 2.08 bits per heavy atom. The van der Waals surface area contributed by atoms with Crippen molar-refractivity contribution in [1.29, 1.82) is 0 Å². The van der Waals surface area contributed by atoms with Gasteiger partial charge in [-0.3, -0.25) is 15.2 Å². The van der Waals surface area contributed by atoms with Crippen LogP contribution in [0.5, 0.6) is 0 Å². The molecule has 3 aromatic rings. The molecule has 2 N–H and O–H groups in total. The number of halogens is 5. The van der Waals surface area contributed by atoms with Crippen molar-refractivity contribution in [2.75, 3.05) is 5.32 Å². The zero-order valence-electron chi connectivity index (χ0n) is 12.8. The van der Waals surface area contributed by atoms with E-state index in [4.69, 9.17) is 16.1 Å². The third-order valence-electron chi connectivity index (χ3n) is 3.27. The highest BCUT2D eigenvalue weighted by Gasteiger charge is 2.35. The molecule has 0 atom stereocenters. The first kappa shape index (κ1) is 17.9. The van der Waals surface area contributed by atoms with Gasteiger partial charge >= 0.3 is 6.18 Å². The molecule has 1 amide bonds. The lowest BCUT2D eigenvalue weighted by atomic mass is 10.0. The molecule has 26 heavy (non-hydrogen) atoms. The second-order valence-electron chi connectivity index (χ2n) is 5.02. The summed E-state index contributed by atoms with van der Waals surface area (Å²) in [4.78, 5) is 15.5. The summed E-state index contributed by atoms with van der Waals surface area (Å²) in [5, 5.41) is 10.6. The first-order chi connectivity index (χ1) is 12.2. The van der Waals surface area contributed by atoms with Crippen molar-refractivity contribution in [2.45, 2.75) is 13.1 Å². The molecule has 136 valence electrons. The number of aromatic amines is 1. The molecule has 1 aromatic carbocycles. The van der Waals surface area contributed by atoms with Gasteiger partial charge in [-0.15, -0.1) is 5.10 Å². The minimum absolute atomic E-state index is 0.00315. The lowest BCUT2D eigenvalue weighted by Crippen LogP contribution is -2.15. The minimum atomic E-state index is -4.76. The fourth-order valence-electron chi connectivity index (χ4n) is 2.14. The number of anilines is 1. The van der Waals surface area contributed by atoms with E-state index in [9.17, 15) is 22.4 Å². The van der Waals surface area contributed by atoms with Gasteiger partial charge in [0, 0.05) is 0 Å². The normalized spacial score (nSPS) is 11.6. The summed E-state index contributed by atoms with van der Waals surface area (Å²) in [5.74, 6) is -3.69. The Hall–Kier alpha value is -2.95. The third-order valence-corrected chi connectivity index (χ3v) is 3.58. The van der Waals surface area contributed by atoms with E-state index in [0.29, 0.717) is 0 Å². The van der Waals surface area contributed by atoms with E-state index in [1.165, 1.54) is 19.1 Å². The maximum absolute atomic E-state index is 14.1. The van der Waals surface area contributed by atoms with Gasteiger partial charge in [-0.1, -0.05) is 22.8 Å². The molecular weight excluding hydrogens is 382 g/mol. The van der Waals surface area contributed by atoms with Crippen LogP contribution < -0.4 is 5.32 Å². The predicted octanol–water partition coefficient (Wildman–Crippen LogP) is 3.83. The molecule has 7 nitrogen and oxygen atoms in total. The molecule has 12 heteroatoms. The van der Waals surface area contributed by atoms with Crippen molar-refractivity contribution in [1.82, 2.24) is 20.3 Å². The molecule has 0 fully saturated rings. The largest absolute Gasteiger partial charge is 0.451 e. The monoisotopic (exact) mass is 389 g/mol. The Bertz CT molecular complexity index is 962. The van der Waals surface area contributed by atoms with E-state index >= 15 is 0 Å². The van der Waals surface area contributed by atoms with Gasteiger partial charge in [-0.2, -0.15) is 18.2 Å². The Kier molecular flexibility index (Phi) is 4.40. The van der Waals surface area contributed by atoms with Gasteiger partial charge in [0.05, 0.1) is 10.6 Å². The lowest BCUT2D eigenvalue weighted by molar-refractivity contribution is -0.144.